The lowest BCUT2D eigenvalue weighted by Gasteiger charge is -2.58. The van der Waals surface area contributed by atoms with Gasteiger partial charge in [-0.15, -0.1) is 23.2 Å². The van der Waals surface area contributed by atoms with Crippen LogP contribution < -0.4 is 4.90 Å². The number of benzene rings is 1. The molecule has 0 bridgehead atoms. The SMILES string of the molecule is CC(=O)C1CCC2C3CC=C4CC(OC(=O)Cc5ccc(N(CCCl)CCCl)cc5)CCC4(C)C3CCC12C. The van der Waals surface area contributed by atoms with Crippen LogP contribution in [-0.2, 0) is 20.7 Å². The molecule has 7 atom stereocenters. The highest BCUT2D eigenvalue weighted by atomic mass is 35.5. The topological polar surface area (TPSA) is 46.6 Å². The predicted molar refractivity (Wildman–Crippen MR) is 160 cm³/mol. The average Bonchev–Trinajstić information content (AvgIpc) is 3.27. The third kappa shape index (κ3) is 5.54. The van der Waals surface area contributed by atoms with E-state index in [4.69, 9.17) is 27.9 Å². The summed E-state index contributed by atoms with van der Waals surface area (Å²) >= 11 is 11.9. The van der Waals surface area contributed by atoms with Gasteiger partial charge in [0.2, 0.25) is 0 Å². The predicted octanol–water partition coefficient (Wildman–Crippen LogP) is 7.59. The van der Waals surface area contributed by atoms with Gasteiger partial charge in [0.1, 0.15) is 11.9 Å². The first-order valence-electron chi connectivity index (χ1n) is 15.0. The number of allylic oxidation sites excluding steroid dienone is 1. The van der Waals surface area contributed by atoms with Gasteiger partial charge in [-0.25, -0.2) is 0 Å². The van der Waals surface area contributed by atoms with Crippen molar-refractivity contribution in [3.63, 3.8) is 0 Å². The normalized spacial score (nSPS) is 35.3. The van der Waals surface area contributed by atoms with E-state index < -0.39 is 0 Å². The minimum atomic E-state index is -0.140. The third-order valence-corrected chi connectivity index (χ3v) is 11.5. The molecule has 4 aliphatic rings. The molecule has 1 aromatic carbocycles. The number of nitrogens with zero attached hydrogens (tertiary/aromatic N) is 1. The molecule has 0 spiro atoms. The first-order valence-corrected chi connectivity index (χ1v) is 16.1. The molecule has 39 heavy (non-hydrogen) atoms. The van der Waals surface area contributed by atoms with E-state index in [0.717, 1.165) is 56.4 Å². The molecule has 4 nitrogen and oxygen atoms in total. The lowest BCUT2D eigenvalue weighted by molar-refractivity contribution is -0.150. The van der Waals surface area contributed by atoms with E-state index >= 15 is 0 Å². The second-order valence-electron chi connectivity index (χ2n) is 13.1. The van der Waals surface area contributed by atoms with Gasteiger partial charge in [0, 0.05) is 42.9 Å². The van der Waals surface area contributed by atoms with E-state index in [9.17, 15) is 9.59 Å². The van der Waals surface area contributed by atoms with Crippen LogP contribution in [0.25, 0.3) is 0 Å². The second-order valence-corrected chi connectivity index (χ2v) is 13.9. The molecule has 0 aromatic heterocycles. The zero-order chi connectivity index (χ0) is 27.8. The van der Waals surface area contributed by atoms with Gasteiger partial charge in [-0.2, -0.15) is 0 Å². The van der Waals surface area contributed by atoms with Crippen LogP contribution in [-0.4, -0.2) is 42.7 Å². The Balaban J connectivity index is 1.19. The van der Waals surface area contributed by atoms with Crippen LogP contribution in [0.2, 0.25) is 0 Å². The molecule has 6 heteroatoms. The Bertz CT molecular complexity index is 1080. The average molecular weight is 575 g/mol. The lowest BCUT2D eigenvalue weighted by atomic mass is 9.47. The van der Waals surface area contributed by atoms with Crippen molar-refractivity contribution in [2.75, 3.05) is 29.7 Å². The zero-order valence-corrected chi connectivity index (χ0v) is 25.4. The van der Waals surface area contributed by atoms with Gasteiger partial charge in [-0.3, -0.25) is 9.59 Å². The fourth-order valence-corrected chi connectivity index (χ4v) is 9.60. The minimum absolute atomic E-state index is 0.0296. The Morgan fingerprint density at radius 3 is 2.36 bits per heavy atom. The summed E-state index contributed by atoms with van der Waals surface area (Å²) in [5.74, 6) is 3.64. The van der Waals surface area contributed by atoms with Crippen LogP contribution in [0.5, 0.6) is 0 Å². The van der Waals surface area contributed by atoms with Crippen molar-refractivity contribution in [3.8, 4) is 0 Å². The van der Waals surface area contributed by atoms with Gasteiger partial charge in [0.25, 0.3) is 0 Å². The lowest BCUT2D eigenvalue weighted by Crippen LogP contribution is -2.51. The van der Waals surface area contributed by atoms with E-state index in [-0.39, 0.29) is 28.8 Å². The summed E-state index contributed by atoms with van der Waals surface area (Å²) in [4.78, 5) is 27.5. The molecule has 5 rings (SSSR count). The highest BCUT2D eigenvalue weighted by molar-refractivity contribution is 6.18. The van der Waals surface area contributed by atoms with Crippen LogP contribution >= 0.6 is 23.2 Å². The molecule has 214 valence electrons. The fraction of sp³-hybridized carbons (Fsp3) is 0.697. The number of anilines is 1. The number of ether oxygens (including phenoxy) is 1. The molecule has 0 heterocycles. The fourth-order valence-electron chi connectivity index (χ4n) is 9.19. The van der Waals surface area contributed by atoms with Gasteiger partial charge in [-0.05, 0) is 98.1 Å². The highest BCUT2D eigenvalue weighted by Gasteiger charge is 2.59. The standard InChI is InChI=1S/C33H45Cl2NO3/c1-22(37)28-10-11-29-27-9-6-24-21-26(12-14-32(24,2)30(27)13-15-33(28,29)3)39-31(38)20-23-4-7-25(8-5-23)36(18-16-34)19-17-35/h4-8,26-30H,9-21H2,1-3H3. The Morgan fingerprint density at radius 1 is 0.974 bits per heavy atom. The maximum Gasteiger partial charge on any atom is 0.310 e. The number of halogens is 2. The number of ketones is 1. The Kier molecular flexibility index (Phi) is 8.74. The van der Waals surface area contributed by atoms with E-state index in [0.29, 0.717) is 41.7 Å². The second kappa shape index (κ2) is 11.8. The first-order chi connectivity index (χ1) is 18.7. The number of hydrogen-bond acceptors (Lipinski definition) is 4. The van der Waals surface area contributed by atoms with Gasteiger partial charge in [0.05, 0.1) is 6.42 Å². The van der Waals surface area contributed by atoms with Crippen LogP contribution in [0.3, 0.4) is 0 Å². The summed E-state index contributed by atoms with van der Waals surface area (Å²) in [6, 6.07) is 8.08. The number of hydrogen-bond donors (Lipinski definition) is 0. The molecule has 7 unspecified atom stereocenters. The molecule has 0 N–H and O–H groups in total. The number of esters is 1. The van der Waals surface area contributed by atoms with Gasteiger partial charge >= 0.3 is 5.97 Å². The summed E-state index contributed by atoms with van der Waals surface area (Å²) in [5.41, 5.74) is 3.94. The molecule has 1 aromatic rings. The smallest absolute Gasteiger partial charge is 0.310 e. The van der Waals surface area contributed by atoms with Crippen molar-refractivity contribution < 1.29 is 14.3 Å². The number of carbonyl (C=O) groups is 2. The van der Waals surface area contributed by atoms with Crippen molar-refractivity contribution in [1.82, 2.24) is 0 Å². The van der Waals surface area contributed by atoms with E-state index in [1.807, 2.05) is 31.2 Å². The molecule has 3 saturated carbocycles. The summed E-state index contributed by atoms with van der Waals surface area (Å²) < 4.78 is 6.04. The maximum absolute atomic E-state index is 12.9. The van der Waals surface area contributed by atoms with Crippen LogP contribution in [0.1, 0.15) is 77.7 Å². The zero-order valence-electron chi connectivity index (χ0n) is 23.9. The molecular weight excluding hydrogens is 529 g/mol. The third-order valence-electron chi connectivity index (χ3n) is 11.2. The molecule has 0 radical (unpaired) electrons. The van der Waals surface area contributed by atoms with Gasteiger partial charge in [0.15, 0.2) is 0 Å². The van der Waals surface area contributed by atoms with Crippen LogP contribution in [0, 0.1) is 34.5 Å². The Hall–Kier alpha value is -1.52. The number of alkyl halides is 2. The largest absolute Gasteiger partial charge is 0.462 e. The van der Waals surface area contributed by atoms with Gasteiger partial charge < -0.3 is 9.64 Å². The summed E-state index contributed by atoms with van der Waals surface area (Å²) in [7, 11) is 0. The quantitative estimate of drug-likeness (QED) is 0.173. The molecule has 4 aliphatic carbocycles. The first kappa shape index (κ1) is 29.0. The molecule has 0 saturated heterocycles. The van der Waals surface area contributed by atoms with Crippen molar-refractivity contribution in [2.24, 2.45) is 34.5 Å². The van der Waals surface area contributed by atoms with Crippen molar-refractivity contribution in [2.45, 2.75) is 84.7 Å². The summed E-state index contributed by atoms with van der Waals surface area (Å²) in [5, 5.41) is 0. The number of carbonyl (C=O) groups excluding carboxylic acids is 2. The van der Waals surface area contributed by atoms with Crippen molar-refractivity contribution >= 4 is 40.6 Å². The Labute approximate surface area is 244 Å². The van der Waals surface area contributed by atoms with Gasteiger partial charge in [-0.1, -0.05) is 37.6 Å². The minimum Gasteiger partial charge on any atom is -0.462 e. The van der Waals surface area contributed by atoms with Crippen molar-refractivity contribution in [3.05, 3.63) is 41.5 Å². The summed E-state index contributed by atoms with van der Waals surface area (Å²) in [6.45, 7) is 8.18. The molecule has 0 aliphatic heterocycles. The number of Topliss-reactive ketones (excluding diaryl/α,β-unsaturated/α-hetero) is 1. The van der Waals surface area contributed by atoms with Crippen molar-refractivity contribution in [1.29, 1.82) is 0 Å². The summed E-state index contributed by atoms with van der Waals surface area (Å²) in [6.07, 6.45) is 11.5. The van der Waals surface area contributed by atoms with E-state index in [2.05, 4.69) is 24.8 Å². The highest BCUT2D eigenvalue weighted by Crippen LogP contribution is 2.66. The van der Waals surface area contributed by atoms with E-state index in [1.165, 1.54) is 24.8 Å². The monoisotopic (exact) mass is 573 g/mol. The van der Waals surface area contributed by atoms with E-state index in [1.54, 1.807) is 0 Å². The molecular formula is C33H45Cl2NO3. The maximum atomic E-state index is 12.9. The number of rotatable bonds is 9. The Morgan fingerprint density at radius 2 is 1.69 bits per heavy atom. The molecule has 0 amide bonds. The number of fused-ring (bicyclic) bond motifs is 5. The van der Waals surface area contributed by atoms with Crippen LogP contribution in [0.4, 0.5) is 5.69 Å². The van der Waals surface area contributed by atoms with Crippen LogP contribution in [0.15, 0.2) is 35.9 Å². The molecule has 3 fully saturated rings.